The Morgan fingerprint density at radius 3 is 2.42 bits per heavy atom. The molecule has 0 bridgehead atoms. The van der Waals surface area contributed by atoms with Crippen molar-refractivity contribution in [2.75, 3.05) is 39.3 Å². The zero-order valence-corrected chi connectivity index (χ0v) is 13.3. The van der Waals surface area contributed by atoms with Crippen molar-refractivity contribution >= 4 is 17.9 Å². The summed E-state index contributed by atoms with van der Waals surface area (Å²) < 4.78 is 24.6. The molecule has 0 radical (unpaired) electrons. The van der Waals surface area contributed by atoms with Crippen LogP contribution in [0, 0.1) is 0 Å². The second-order valence-electron chi connectivity index (χ2n) is 5.53. The number of carbonyl (C=O) groups is 2. The van der Waals surface area contributed by atoms with Gasteiger partial charge in [-0.2, -0.15) is 0 Å². The maximum Gasteiger partial charge on any atom is 0.251 e. The number of alkyl halides is 2. The Kier molecular flexibility index (Phi) is 6.87. The number of nitrogens with zero attached hydrogens (tertiary/aromatic N) is 2. The lowest BCUT2D eigenvalue weighted by molar-refractivity contribution is -0.133. The minimum Gasteiger partial charge on any atom is -0.343 e. The molecule has 2 amide bonds. The highest BCUT2D eigenvalue weighted by molar-refractivity contribution is 5.94. The van der Waals surface area contributed by atoms with Crippen LogP contribution in [0.15, 0.2) is 36.4 Å². The van der Waals surface area contributed by atoms with Gasteiger partial charge in [0.25, 0.3) is 6.43 Å². The summed E-state index contributed by atoms with van der Waals surface area (Å²) in [5, 5.41) is 2.54. The van der Waals surface area contributed by atoms with Crippen molar-refractivity contribution in [2.24, 2.45) is 0 Å². The fourth-order valence-corrected chi connectivity index (χ4v) is 2.44. The van der Waals surface area contributed by atoms with Gasteiger partial charge in [0.05, 0.1) is 13.1 Å². The summed E-state index contributed by atoms with van der Waals surface area (Å²) in [7, 11) is 0. The van der Waals surface area contributed by atoms with E-state index < -0.39 is 6.43 Å². The van der Waals surface area contributed by atoms with E-state index in [1.807, 2.05) is 30.3 Å². The highest BCUT2D eigenvalue weighted by Crippen LogP contribution is 2.05. The van der Waals surface area contributed by atoms with Crippen molar-refractivity contribution in [3.63, 3.8) is 0 Å². The Morgan fingerprint density at radius 1 is 1.12 bits per heavy atom. The van der Waals surface area contributed by atoms with Crippen LogP contribution in [0.1, 0.15) is 5.56 Å². The average Bonchev–Trinajstić information content (AvgIpc) is 2.59. The molecule has 0 saturated carbocycles. The van der Waals surface area contributed by atoms with Crippen LogP contribution in [-0.2, 0) is 9.59 Å². The van der Waals surface area contributed by atoms with Gasteiger partial charge in [0.2, 0.25) is 11.8 Å². The lowest BCUT2D eigenvalue weighted by atomic mass is 10.2. The number of hydrogen-bond acceptors (Lipinski definition) is 3. The maximum absolute atomic E-state index is 12.3. The predicted molar refractivity (Wildman–Crippen MR) is 87.5 cm³/mol. The van der Waals surface area contributed by atoms with Crippen molar-refractivity contribution in [1.29, 1.82) is 0 Å². The summed E-state index contributed by atoms with van der Waals surface area (Å²) in [4.78, 5) is 27.0. The van der Waals surface area contributed by atoms with E-state index in [-0.39, 0.29) is 24.9 Å². The van der Waals surface area contributed by atoms with Gasteiger partial charge >= 0.3 is 0 Å². The number of hydrogen-bond donors (Lipinski definition) is 1. The van der Waals surface area contributed by atoms with Crippen molar-refractivity contribution in [3.8, 4) is 0 Å². The highest BCUT2D eigenvalue weighted by Gasteiger charge is 2.22. The lowest BCUT2D eigenvalue weighted by Crippen LogP contribution is -2.51. The van der Waals surface area contributed by atoms with E-state index in [1.54, 1.807) is 15.9 Å². The minimum absolute atomic E-state index is 0.0905. The zero-order chi connectivity index (χ0) is 17.4. The molecule has 1 aliphatic rings. The van der Waals surface area contributed by atoms with E-state index in [1.165, 1.54) is 6.08 Å². The summed E-state index contributed by atoms with van der Waals surface area (Å²) >= 11 is 0. The summed E-state index contributed by atoms with van der Waals surface area (Å²) in [6, 6.07) is 9.36. The normalized spacial score (nSPS) is 15.9. The van der Waals surface area contributed by atoms with Crippen molar-refractivity contribution < 1.29 is 18.4 Å². The average molecular weight is 337 g/mol. The van der Waals surface area contributed by atoms with E-state index in [0.29, 0.717) is 26.2 Å². The lowest BCUT2D eigenvalue weighted by Gasteiger charge is -2.34. The Morgan fingerprint density at radius 2 is 1.79 bits per heavy atom. The molecule has 130 valence electrons. The first-order valence-electron chi connectivity index (χ1n) is 7.84. The molecule has 1 N–H and O–H groups in total. The van der Waals surface area contributed by atoms with Crippen LogP contribution >= 0.6 is 0 Å². The Bertz CT molecular complexity index is 570. The van der Waals surface area contributed by atoms with Gasteiger partial charge in [-0.05, 0) is 11.6 Å². The molecule has 2 rings (SSSR count). The van der Waals surface area contributed by atoms with Crippen LogP contribution in [0.3, 0.4) is 0 Å². The minimum atomic E-state index is -2.36. The number of piperazine rings is 1. The molecule has 0 atom stereocenters. The number of nitrogens with one attached hydrogen (secondary N) is 1. The van der Waals surface area contributed by atoms with Gasteiger partial charge in [-0.15, -0.1) is 0 Å². The molecule has 0 spiro atoms. The summed E-state index contributed by atoms with van der Waals surface area (Å²) in [5.41, 5.74) is 0.897. The van der Waals surface area contributed by atoms with Gasteiger partial charge < -0.3 is 10.2 Å². The smallest absolute Gasteiger partial charge is 0.251 e. The van der Waals surface area contributed by atoms with Gasteiger partial charge in [0, 0.05) is 32.3 Å². The summed E-state index contributed by atoms with van der Waals surface area (Å²) in [5.74, 6) is -0.545. The molecule has 1 saturated heterocycles. The molecular formula is C17H21F2N3O2. The third-order valence-electron chi connectivity index (χ3n) is 3.76. The van der Waals surface area contributed by atoms with Crippen LogP contribution in [-0.4, -0.2) is 67.3 Å². The Hall–Kier alpha value is -2.28. The van der Waals surface area contributed by atoms with E-state index in [9.17, 15) is 18.4 Å². The molecule has 1 aliphatic heterocycles. The molecule has 1 aromatic carbocycles. The molecule has 5 nitrogen and oxygen atoms in total. The molecular weight excluding hydrogens is 316 g/mol. The van der Waals surface area contributed by atoms with E-state index in [2.05, 4.69) is 5.32 Å². The fourth-order valence-electron chi connectivity index (χ4n) is 2.44. The van der Waals surface area contributed by atoms with Crippen LogP contribution in [0.4, 0.5) is 8.78 Å². The van der Waals surface area contributed by atoms with E-state index in [4.69, 9.17) is 0 Å². The first kappa shape index (κ1) is 18.1. The van der Waals surface area contributed by atoms with Crippen LogP contribution in [0.25, 0.3) is 6.08 Å². The van der Waals surface area contributed by atoms with Gasteiger partial charge in [-0.1, -0.05) is 30.3 Å². The first-order valence-corrected chi connectivity index (χ1v) is 7.84. The van der Waals surface area contributed by atoms with Crippen LogP contribution < -0.4 is 5.32 Å². The molecule has 24 heavy (non-hydrogen) atoms. The standard InChI is InChI=1S/C17H21F2N3O2/c18-15(19)13-21-8-10-22(11-9-21)17(24)12-20-16(23)7-6-14-4-2-1-3-5-14/h1-7,15H,8-13H2,(H,20,23). The maximum atomic E-state index is 12.3. The predicted octanol–water partition coefficient (Wildman–Crippen LogP) is 1.23. The molecule has 0 aliphatic carbocycles. The molecule has 1 heterocycles. The van der Waals surface area contributed by atoms with Crippen LogP contribution in [0.5, 0.6) is 0 Å². The number of carbonyl (C=O) groups excluding carboxylic acids is 2. The van der Waals surface area contributed by atoms with Crippen molar-refractivity contribution in [3.05, 3.63) is 42.0 Å². The quantitative estimate of drug-likeness (QED) is 0.795. The number of rotatable bonds is 6. The van der Waals surface area contributed by atoms with Crippen LogP contribution in [0.2, 0.25) is 0 Å². The molecule has 7 heteroatoms. The van der Waals surface area contributed by atoms with Gasteiger partial charge in [0.1, 0.15) is 0 Å². The van der Waals surface area contributed by atoms with Crippen molar-refractivity contribution in [1.82, 2.24) is 15.1 Å². The van der Waals surface area contributed by atoms with Gasteiger partial charge in [-0.25, -0.2) is 8.78 Å². The molecule has 1 fully saturated rings. The zero-order valence-electron chi connectivity index (χ0n) is 13.3. The second-order valence-corrected chi connectivity index (χ2v) is 5.53. The second kappa shape index (κ2) is 9.12. The SMILES string of the molecule is O=C(C=Cc1ccccc1)NCC(=O)N1CCN(CC(F)F)CC1. The summed E-state index contributed by atoms with van der Waals surface area (Å²) in [6.45, 7) is 1.31. The van der Waals surface area contributed by atoms with Gasteiger partial charge in [0.15, 0.2) is 0 Å². The Labute approximate surface area is 139 Å². The topological polar surface area (TPSA) is 52.7 Å². The van der Waals surface area contributed by atoms with Crippen molar-refractivity contribution in [2.45, 2.75) is 6.43 Å². The Balaban J connectivity index is 1.69. The van der Waals surface area contributed by atoms with E-state index >= 15 is 0 Å². The summed E-state index contributed by atoms with van der Waals surface area (Å²) in [6.07, 6.45) is 0.689. The number of amides is 2. The third kappa shape index (κ3) is 6.08. The fraction of sp³-hybridized carbons (Fsp3) is 0.412. The monoisotopic (exact) mass is 337 g/mol. The number of halogens is 2. The largest absolute Gasteiger partial charge is 0.343 e. The first-order chi connectivity index (χ1) is 11.5. The number of benzene rings is 1. The van der Waals surface area contributed by atoms with E-state index in [0.717, 1.165) is 5.56 Å². The molecule has 1 aromatic rings. The molecule has 0 aromatic heterocycles. The molecule has 0 unspecified atom stereocenters. The van der Waals surface area contributed by atoms with Gasteiger partial charge in [-0.3, -0.25) is 14.5 Å². The third-order valence-corrected chi connectivity index (χ3v) is 3.76. The highest BCUT2D eigenvalue weighted by atomic mass is 19.3.